The van der Waals surface area contributed by atoms with Crippen LogP contribution in [0.15, 0.2) is 41.0 Å². The predicted molar refractivity (Wildman–Crippen MR) is 90.5 cm³/mol. The summed E-state index contributed by atoms with van der Waals surface area (Å²) in [6.45, 7) is 2.94. The van der Waals surface area contributed by atoms with Crippen molar-refractivity contribution < 1.29 is 23.9 Å². The Balaban J connectivity index is 1.87. The van der Waals surface area contributed by atoms with Crippen LogP contribution in [0.1, 0.15) is 56.6 Å². The zero-order chi connectivity index (χ0) is 18.2. The summed E-state index contributed by atoms with van der Waals surface area (Å²) in [7, 11) is 0. The predicted octanol–water partition coefficient (Wildman–Crippen LogP) is 2.44. The minimum atomic E-state index is -1.16. The molecule has 7 nitrogen and oxygen atoms in total. The number of unbranched alkanes of at least 4 members (excludes halogenated alkanes) is 1. The summed E-state index contributed by atoms with van der Waals surface area (Å²) in [6.07, 6.45) is 2.97. The summed E-state index contributed by atoms with van der Waals surface area (Å²) in [5.74, 6) is -1.85. The minimum Gasteiger partial charge on any atom is -0.478 e. The van der Waals surface area contributed by atoms with Crippen LogP contribution in [-0.4, -0.2) is 29.4 Å². The van der Waals surface area contributed by atoms with Crippen LogP contribution in [-0.2, 0) is 6.54 Å². The molecule has 0 bridgehead atoms. The molecule has 2 rings (SSSR count). The van der Waals surface area contributed by atoms with E-state index in [0.29, 0.717) is 12.1 Å². The lowest BCUT2D eigenvalue weighted by Crippen LogP contribution is -2.24. The Hall–Kier alpha value is -3.09. The molecule has 0 aliphatic heterocycles. The highest BCUT2D eigenvalue weighted by Gasteiger charge is 2.14. The molecule has 1 aromatic heterocycles. The topological polar surface area (TPSA) is 109 Å². The van der Waals surface area contributed by atoms with Gasteiger partial charge in [0.1, 0.15) is 6.26 Å². The largest absolute Gasteiger partial charge is 0.478 e. The molecule has 3 N–H and O–H groups in total. The van der Waals surface area contributed by atoms with Gasteiger partial charge in [0.25, 0.3) is 11.8 Å². The Kier molecular flexibility index (Phi) is 6.33. The van der Waals surface area contributed by atoms with Crippen molar-refractivity contribution in [1.82, 2.24) is 10.6 Å². The molecule has 0 radical (unpaired) electrons. The highest BCUT2D eigenvalue weighted by atomic mass is 16.4. The summed E-state index contributed by atoms with van der Waals surface area (Å²) < 4.78 is 4.93. The Morgan fingerprint density at radius 2 is 1.76 bits per heavy atom. The smallest absolute Gasteiger partial charge is 0.338 e. The number of amides is 2. The third-order valence-electron chi connectivity index (χ3n) is 3.56. The van der Waals surface area contributed by atoms with Gasteiger partial charge in [-0.3, -0.25) is 9.59 Å². The molecular formula is C18H20N2O5. The molecule has 7 heteroatoms. The Morgan fingerprint density at radius 1 is 1.04 bits per heavy atom. The molecule has 2 aromatic rings. The number of nitrogens with one attached hydrogen (secondary N) is 2. The minimum absolute atomic E-state index is 0.0654. The number of rotatable bonds is 8. The van der Waals surface area contributed by atoms with E-state index in [9.17, 15) is 14.4 Å². The van der Waals surface area contributed by atoms with Gasteiger partial charge in [-0.25, -0.2) is 4.79 Å². The summed E-state index contributed by atoms with van der Waals surface area (Å²) in [6, 6.07) is 8.05. The summed E-state index contributed by atoms with van der Waals surface area (Å²) in [4.78, 5) is 34.6. The molecule has 132 valence electrons. The molecule has 2 amide bonds. The molecule has 1 heterocycles. The first-order valence-electron chi connectivity index (χ1n) is 7.98. The van der Waals surface area contributed by atoms with Gasteiger partial charge in [0.2, 0.25) is 0 Å². The number of benzene rings is 1. The third-order valence-corrected chi connectivity index (χ3v) is 3.56. The summed E-state index contributed by atoms with van der Waals surface area (Å²) in [5.41, 5.74) is 1.29. The second-order valence-corrected chi connectivity index (χ2v) is 5.49. The van der Waals surface area contributed by atoms with Crippen LogP contribution in [0.25, 0.3) is 0 Å². The molecule has 0 atom stereocenters. The van der Waals surface area contributed by atoms with Gasteiger partial charge in [0, 0.05) is 24.7 Å². The average Bonchev–Trinajstić information content (AvgIpc) is 3.11. The van der Waals surface area contributed by atoms with E-state index in [1.54, 1.807) is 24.3 Å². The number of furan rings is 1. The third kappa shape index (κ3) is 5.20. The highest BCUT2D eigenvalue weighted by molar-refractivity contribution is 5.95. The van der Waals surface area contributed by atoms with Crippen LogP contribution >= 0.6 is 0 Å². The molecule has 25 heavy (non-hydrogen) atoms. The van der Waals surface area contributed by atoms with Crippen LogP contribution in [0.5, 0.6) is 0 Å². The number of aromatic carboxylic acids is 1. The van der Waals surface area contributed by atoms with Crippen molar-refractivity contribution in [2.75, 3.05) is 6.54 Å². The maximum absolute atomic E-state index is 11.9. The fourth-order valence-corrected chi connectivity index (χ4v) is 2.09. The Morgan fingerprint density at radius 3 is 2.36 bits per heavy atom. The molecule has 0 unspecified atom stereocenters. The van der Waals surface area contributed by atoms with Crippen LogP contribution in [0.4, 0.5) is 0 Å². The van der Waals surface area contributed by atoms with Gasteiger partial charge in [-0.2, -0.15) is 0 Å². The number of carbonyl (C=O) groups is 3. The van der Waals surface area contributed by atoms with Gasteiger partial charge in [-0.05, 0) is 24.1 Å². The standard InChI is InChI=1S/C18H20N2O5/c1-2-3-8-19-16(21)13-6-4-12(5-7-13)10-20-17(22)15-9-14(11-25-15)18(23)24/h4-7,9,11H,2-3,8,10H2,1H3,(H,19,21)(H,20,22)(H,23,24). The van der Waals surface area contributed by atoms with Crippen LogP contribution in [0.3, 0.4) is 0 Å². The maximum atomic E-state index is 11.9. The molecule has 0 aliphatic rings. The Labute approximate surface area is 145 Å². The van der Waals surface area contributed by atoms with Gasteiger partial charge in [0.15, 0.2) is 5.76 Å². The second-order valence-electron chi connectivity index (χ2n) is 5.49. The SMILES string of the molecule is CCCCNC(=O)c1ccc(CNC(=O)c2cc(C(=O)O)co2)cc1. The average molecular weight is 344 g/mol. The van der Waals surface area contributed by atoms with Crippen molar-refractivity contribution in [3.05, 3.63) is 59.0 Å². The van der Waals surface area contributed by atoms with Gasteiger partial charge in [-0.15, -0.1) is 0 Å². The molecule has 0 spiro atoms. The maximum Gasteiger partial charge on any atom is 0.338 e. The van der Waals surface area contributed by atoms with Crippen molar-refractivity contribution in [1.29, 1.82) is 0 Å². The molecule has 1 aromatic carbocycles. The van der Waals surface area contributed by atoms with E-state index in [1.807, 2.05) is 0 Å². The lowest BCUT2D eigenvalue weighted by Gasteiger charge is -2.06. The number of carboxylic acid groups (broad SMARTS) is 1. The molecule has 0 fully saturated rings. The quantitative estimate of drug-likeness (QED) is 0.637. The van der Waals surface area contributed by atoms with Crippen molar-refractivity contribution in [2.24, 2.45) is 0 Å². The number of carbonyl (C=O) groups excluding carboxylic acids is 2. The lowest BCUT2D eigenvalue weighted by atomic mass is 10.1. The summed E-state index contributed by atoms with van der Waals surface area (Å²) in [5, 5.41) is 14.3. The fourth-order valence-electron chi connectivity index (χ4n) is 2.09. The Bertz CT molecular complexity index is 749. The van der Waals surface area contributed by atoms with E-state index in [4.69, 9.17) is 9.52 Å². The summed E-state index contributed by atoms with van der Waals surface area (Å²) >= 11 is 0. The first-order valence-corrected chi connectivity index (χ1v) is 7.98. The number of hydrogen-bond acceptors (Lipinski definition) is 4. The molecule has 0 saturated carbocycles. The normalized spacial score (nSPS) is 10.3. The molecule has 0 aliphatic carbocycles. The number of carboxylic acids is 1. The van der Waals surface area contributed by atoms with E-state index in [-0.39, 0.29) is 23.8 Å². The first-order chi connectivity index (χ1) is 12.0. The van der Waals surface area contributed by atoms with Crippen molar-refractivity contribution in [3.63, 3.8) is 0 Å². The van der Waals surface area contributed by atoms with E-state index >= 15 is 0 Å². The first kappa shape index (κ1) is 18.3. The van der Waals surface area contributed by atoms with E-state index in [1.165, 1.54) is 6.07 Å². The van der Waals surface area contributed by atoms with E-state index < -0.39 is 11.9 Å². The van der Waals surface area contributed by atoms with E-state index in [2.05, 4.69) is 17.6 Å². The van der Waals surface area contributed by atoms with Crippen molar-refractivity contribution in [3.8, 4) is 0 Å². The zero-order valence-corrected chi connectivity index (χ0v) is 13.9. The van der Waals surface area contributed by atoms with Gasteiger partial charge in [0.05, 0.1) is 5.56 Å². The zero-order valence-electron chi connectivity index (χ0n) is 13.9. The monoisotopic (exact) mass is 344 g/mol. The van der Waals surface area contributed by atoms with Gasteiger partial charge in [-0.1, -0.05) is 25.5 Å². The van der Waals surface area contributed by atoms with Crippen molar-refractivity contribution >= 4 is 17.8 Å². The highest BCUT2D eigenvalue weighted by Crippen LogP contribution is 2.09. The molecular weight excluding hydrogens is 324 g/mol. The molecule has 0 saturated heterocycles. The van der Waals surface area contributed by atoms with Crippen LogP contribution < -0.4 is 10.6 Å². The number of hydrogen-bond donors (Lipinski definition) is 3. The van der Waals surface area contributed by atoms with Crippen molar-refractivity contribution in [2.45, 2.75) is 26.3 Å². The van der Waals surface area contributed by atoms with E-state index in [0.717, 1.165) is 24.7 Å². The van der Waals surface area contributed by atoms with Gasteiger partial charge >= 0.3 is 5.97 Å². The van der Waals surface area contributed by atoms with Gasteiger partial charge < -0.3 is 20.2 Å². The van der Waals surface area contributed by atoms with Crippen LogP contribution in [0.2, 0.25) is 0 Å². The van der Waals surface area contributed by atoms with Crippen LogP contribution in [0, 0.1) is 0 Å². The lowest BCUT2D eigenvalue weighted by molar-refractivity contribution is 0.0695. The fraction of sp³-hybridized carbons (Fsp3) is 0.278. The second kappa shape index (κ2) is 8.68.